The molecule has 0 spiro atoms. The van der Waals surface area contributed by atoms with Gasteiger partial charge >= 0.3 is 0 Å². The Bertz CT molecular complexity index is 609. The molecule has 0 atom stereocenters. The number of halogens is 1. The van der Waals surface area contributed by atoms with Crippen LogP contribution >= 0.6 is 12.4 Å². The van der Waals surface area contributed by atoms with Gasteiger partial charge in [-0.2, -0.15) is 0 Å². The SMILES string of the molecule is Cc1c(O)c(O)cc2ccc(C(C)(C)CN)cc12.Cl. The van der Waals surface area contributed by atoms with Crippen molar-refractivity contribution in [1.82, 2.24) is 0 Å². The summed E-state index contributed by atoms with van der Waals surface area (Å²) in [6.07, 6.45) is 0. The molecule has 4 heteroatoms. The molecular weight excluding hydrogens is 262 g/mol. The second-order valence-corrected chi connectivity index (χ2v) is 5.39. The van der Waals surface area contributed by atoms with Crippen LogP contribution in [-0.4, -0.2) is 16.8 Å². The fraction of sp³-hybridized carbons (Fsp3) is 0.333. The Hall–Kier alpha value is -1.45. The van der Waals surface area contributed by atoms with E-state index in [0.717, 1.165) is 16.3 Å². The Balaban J connectivity index is 0.00000180. The van der Waals surface area contributed by atoms with E-state index < -0.39 is 0 Å². The largest absolute Gasteiger partial charge is 0.504 e. The van der Waals surface area contributed by atoms with Crippen molar-refractivity contribution < 1.29 is 10.2 Å². The molecule has 0 amide bonds. The molecule has 0 aliphatic carbocycles. The van der Waals surface area contributed by atoms with Crippen LogP contribution in [0.5, 0.6) is 11.5 Å². The molecule has 2 aromatic carbocycles. The van der Waals surface area contributed by atoms with Gasteiger partial charge in [0.15, 0.2) is 11.5 Å². The second-order valence-electron chi connectivity index (χ2n) is 5.39. The summed E-state index contributed by atoms with van der Waals surface area (Å²) in [4.78, 5) is 0. The maximum Gasteiger partial charge on any atom is 0.161 e. The van der Waals surface area contributed by atoms with Crippen molar-refractivity contribution in [3.63, 3.8) is 0 Å². The number of benzene rings is 2. The minimum atomic E-state index is -0.103. The van der Waals surface area contributed by atoms with E-state index in [9.17, 15) is 10.2 Å². The van der Waals surface area contributed by atoms with Crippen molar-refractivity contribution in [2.24, 2.45) is 5.73 Å². The van der Waals surface area contributed by atoms with Crippen molar-refractivity contribution in [1.29, 1.82) is 0 Å². The average molecular weight is 282 g/mol. The van der Waals surface area contributed by atoms with Crippen molar-refractivity contribution in [2.45, 2.75) is 26.2 Å². The van der Waals surface area contributed by atoms with Gasteiger partial charge < -0.3 is 15.9 Å². The fourth-order valence-corrected chi connectivity index (χ4v) is 2.08. The molecule has 0 aliphatic rings. The van der Waals surface area contributed by atoms with Gasteiger partial charge in [0.2, 0.25) is 0 Å². The Labute approximate surface area is 119 Å². The quantitative estimate of drug-likeness (QED) is 0.741. The van der Waals surface area contributed by atoms with Crippen LogP contribution in [0.1, 0.15) is 25.0 Å². The van der Waals surface area contributed by atoms with E-state index >= 15 is 0 Å². The maximum absolute atomic E-state index is 9.78. The second kappa shape index (κ2) is 5.27. The number of phenols is 2. The zero-order valence-corrected chi connectivity index (χ0v) is 12.2. The van der Waals surface area contributed by atoms with E-state index in [1.54, 1.807) is 13.0 Å². The molecule has 0 aromatic heterocycles. The molecule has 0 fully saturated rings. The van der Waals surface area contributed by atoms with Crippen molar-refractivity contribution >= 4 is 23.2 Å². The Kier molecular flexibility index (Phi) is 4.33. The first-order chi connectivity index (χ1) is 8.36. The van der Waals surface area contributed by atoms with Crippen LogP contribution in [0.2, 0.25) is 0 Å². The normalized spacial score (nSPS) is 11.4. The first kappa shape index (κ1) is 15.6. The Morgan fingerprint density at radius 3 is 2.37 bits per heavy atom. The standard InChI is InChI=1S/C15H19NO2.ClH/c1-9-12-7-11(15(2,3)8-16)5-4-10(12)6-13(17)14(9)18;/h4-7,17-18H,8,16H2,1-3H3;1H. The third-order valence-corrected chi connectivity index (χ3v) is 3.64. The van der Waals surface area contributed by atoms with Gasteiger partial charge in [0, 0.05) is 17.5 Å². The molecule has 0 saturated carbocycles. The third-order valence-electron chi connectivity index (χ3n) is 3.64. The van der Waals surface area contributed by atoms with Gasteiger partial charge in [0.05, 0.1) is 0 Å². The lowest BCUT2D eigenvalue weighted by molar-refractivity contribution is 0.402. The first-order valence-corrected chi connectivity index (χ1v) is 6.02. The Morgan fingerprint density at radius 2 is 1.79 bits per heavy atom. The van der Waals surface area contributed by atoms with Gasteiger partial charge in [-0.15, -0.1) is 12.4 Å². The summed E-state index contributed by atoms with van der Waals surface area (Å²) in [6, 6.07) is 7.59. The predicted octanol–water partition coefficient (Wildman–Crippen LogP) is 3.22. The minimum absolute atomic E-state index is 0. The lowest BCUT2D eigenvalue weighted by atomic mass is 9.83. The summed E-state index contributed by atoms with van der Waals surface area (Å²) >= 11 is 0. The highest BCUT2D eigenvalue weighted by Crippen LogP contribution is 2.36. The molecule has 0 bridgehead atoms. The molecule has 19 heavy (non-hydrogen) atoms. The van der Waals surface area contributed by atoms with Crippen LogP contribution in [-0.2, 0) is 5.41 Å². The summed E-state index contributed by atoms with van der Waals surface area (Å²) in [5, 5.41) is 21.2. The number of nitrogens with two attached hydrogens (primary N) is 1. The van der Waals surface area contributed by atoms with Crippen molar-refractivity contribution in [3.05, 3.63) is 35.4 Å². The highest BCUT2D eigenvalue weighted by molar-refractivity contribution is 5.90. The number of rotatable bonds is 2. The van der Waals surface area contributed by atoms with E-state index in [1.165, 1.54) is 0 Å². The van der Waals surface area contributed by atoms with Crippen molar-refractivity contribution in [3.8, 4) is 11.5 Å². The van der Waals surface area contributed by atoms with Crippen LogP contribution in [0.4, 0.5) is 0 Å². The van der Waals surface area contributed by atoms with Gasteiger partial charge in [-0.25, -0.2) is 0 Å². The summed E-state index contributed by atoms with van der Waals surface area (Å²) < 4.78 is 0. The number of hydrogen-bond donors (Lipinski definition) is 3. The topological polar surface area (TPSA) is 66.5 Å². The van der Waals surface area contributed by atoms with E-state index in [0.29, 0.717) is 12.1 Å². The number of hydrogen-bond acceptors (Lipinski definition) is 3. The van der Waals surface area contributed by atoms with E-state index in [2.05, 4.69) is 13.8 Å². The molecule has 0 saturated heterocycles. The van der Waals surface area contributed by atoms with Gasteiger partial charge in [-0.3, -0.25) is 0 Å². The summed E-state index contributed by atoms with van der Waals surface area (Å²) in [7, 11) is 0. The monoisotopic (exact) mass is 281 g/mol. The average Bonchev–Trinajstić information content (AvgIpc) is 2.35. The third kappa shape index (κ3) is 2.62. The summed E-state index contributed by atoms with van der Waals surface area (Å²) in [6.45, 7) is 6.53. The lowest BCUT2D eigenvalue weighted by Gasteiger charge is -2.23. The molecule has 0 heterocycles. The zero-order chi connectivity index (χ0) is 13.5. The zero-order valence-electron chi connectivity index (χ0n) is 11.4. The van der Waals surface area contributed by atoms with Crippen LogP contribution in [0.25, 0.3) is 10.8 Å². The van der Waals surface area contributed by atoms with Gasteiger partial charge in [0.25, 0.3) is 0 Å². The molecule has 0 unspecified atom stereocenters. The van der Waals surface area contributed by atoms with Crippen LogP contribution in [0, 0.1) is 6.92 Å². The smallest absolute Gasteiger partial charge is 0.161 e. The number of phenolic OH excluding ortho intramolecular Hbond substituents is 2. The molecule has 4 N–H and O–H groups in total. The van der Waals surface area contributed by atoms with E-state index in [1.807, 2.05) is 18.2 Å². The molecule has 104 valence electrons. The fourth-order valence-electron chi connectivity index (χ4n) is 2.08. The first-order valence-electron chi connectivity index (χ1n) is 6.02. The lowest BCUT2D eigenvalue weighted by Crippen LogP contribution is -2.27. The molecule has 2 aromatic rings. The van der Waals surface area contributed by atoms with Crippen molar-refractivity contribution in [2.75, 3.05) is 6.54 Å². The predicted molar refractivity (Wildman–Crippen MR) is 81.3 cm³/mol. The van der Waals surface area contributed by atoms with Gasteiger partial charge in [-0.05, 0) is 29.3 Å². The number of fused-ring (bicyclic) bond motifs is 1. The molecular formula is C15H20ClNO2. The molecule has 0 aliphatic heterocycles. The highest BCUT2D eigenvalue weighted by atomic mass is 35.5. The maximum atomic E-state index is 9.78. The number of aromatic hydroxyl groups is 2. The number of aryl methyl sites for hydroxylation is 1. The summed E-state index contributed by atoms with van der Waals surface area (Å²) in [5.41, 5.74) is 7.51. The van der Waals surface area contributed by atoms with E-state index in [-0.39, 0.29) is 29.3 Å². The highest BCUT2D eigenvalue weighted by Gasteiger charge is 2.19. The molecule has 3 nitrogen and oxygen atoms in total. The molecule has 0 radical (unpaired) electrons. The van der Waals surface area contributed by atoms with Crippen LogP contribution < -0.4 is 5.73 Å². The van der Waals surface area contributed by atoms with Gasteiger partial charge in [-0.1, -0.05) is 32.0 Å². The summed E-state index contributed by atoms with van der Waals surface area (Å²) in [5.74, 6) is -0.129. The van der Waals surface area contributed by atoms with Gasteiger partial charge in [0.1, 0.15) is 0 Å². The Morgan fingerprint density at radius 1 is 1.16 bits per heavy atom. The van der Waals surface area contributed by atoms with E-state index in [4.69, 9.17) is 5.73 Å². The van der Waals surface area contributed by atoms with Crippen LogP contribution in [0.15, 0.2) is 24.3 Å². The minimum Gasteiger partial charge on any atom is -0.504 e. The molecule has 2 rings (SSSR count). The van der Waals surface area contributed by atoms with Crippen LogP contribution in [0.3, 0.4) is 0 Å².